The standard InChI is InChI=1S/C21H25FN4O2/c1-3-28-19-10-8-18(9-11-19)23-21(26-14-12-25(2)13-15-26)24-20(27)16-4-6-17(22)7-5-16/h4-11H,3,12-15H2,1-2H3,(H,23,24,27). The van der Waals surface area contributed by atoms with Gasteiger partial charge in [0.15, 0.2) is 0 Å². The monoisotopic (exact) mass is 384 g/mol. The Balaban J connectivity index is 1.81. The number of aliphatic imine (C=N–C) groups is 1. The van der Waals surface area contributed by atoms with Gasteiger partial charge in [0.2, 0.25) is 5.96 Å². The highest BCUT2D eigenvalue weighted by Gasteiger charge is 2.20. The largest absolute Gasteiger partial charge is 0.494 e. The van der Waals surface area contributed by atoms with E-state index in [1.54, 1.807) is 0 Å². The average molecular weight is 384 g/mol. The molecule has 28 heavy (non-hydrogen) atoms. The van der Waals surface area contributed by atoms with Gasteiger partial charge in [-0.15, -0.1) is 0 Å². The molecule has 0 bridgehead atoms. The number of hydrogen-bond acceptors (Lipinski definition) is 4. The van der Waals surface area contributed by atoms with Crippen LogP contribution in [-0.4, -0.2) is 61.5 Å². The summed E-state index contributed by atoms with van der Waals surface area (Å²) in [7, 11) is 2.07. The molecule has 0 radical (unpaired) electrons. The van der Waals surface area contributed by atoms with Crippen LogP contribution in [0, 0.1) is 5.82 Å². The molecule has 1 aliphatic rings. The predicted octanol–water partition coefficient (Wildman–Crippen LogP) is 2.89. The first-order chi connectivity index (χ1) is 13.5. The molecule has 148 valence electrons. The van der Waals surface area contributed by atoms with Crippen molar-refractivity contribution in [1.82, 2.24) is 15.1 Å². The van der Waals surface area contributed by atoms with E-state index in [1.165, 1.54) is 24.3 Å². The van der Waals surface area contributed by atoms with Crippen LogP contribution in [-0.2, 0) is 0 Å². The molecule has 0 aliphatic carbocycles. The van der Waals surface area contributed by atoms with Gasteiger partial charge >= 0.3 is 0 Å². The van der Waals surface area contributed by atoms with Crippen LogP contribution in [0.15, 0.2) is 53.5 Å². The molecule has 1 fully saturated rings. The van der Waals surface area contributed by atoms with E-state index in [1.807, 2.05) is 31.2 Å². The van der Waals surface area contributed by atoms with E-state index in [2.05, 4.69) is 27.2 Å². The number of piperazine rings is 1. The molecule has 1 aliphatic heterocycles. The first-order valence-corrected chi connectivity index (χ1v) is 9.37. The second kappa shape index (κ2) is 9.32. The molecule has 0 aromatic heterocycles. The van der Waals surface area contributed by atoms with Gasteiger partial charge in [0.25, 0.3) is 5.91 Å². The van der Waals surface area contributed by atoms with Crippen LogP contribution < -0.4 is 10.1 Å². The lowest BCUT2D eigenvalue weighted by atomic mass is 10.2. The molecule has 6 nitrogen and oxygen atoms in total. The Labute approximate surface area is 164 Å². The molecule has 0 spiro atoms. The summed E-state index contributed by atoms with van der Waals surface area (Å²) in [5.41, 5.74) is 1.10. The van der Waals surface area contributed by atoms with E-state index >= 15 is 0 Å². The molecule has 1 heterocycles. The lowest BCUT2D eigenvalue weighted by Crippen LogP contribution is -2.52. The maximum Gasteiger partial charge on any atom is 0.257 e. The molecule has 1 amide bonds. The van der Waals surface area contributed by atoms with Gasteiger partial charge in [-0.05, 0) is 62.5 Å². The number of rotatable bonds is 4. The Morgan fingerprint density at radius 2 is 1.71 bits per heavy atom. The second-order valence-electron chi connectivity index (χ2n) is 6.61. The fourth-order valence-corrected chi connectivity index (χ4v) is 2.88. The minimum atomic E-state index is -0.376. The molecule has 1 N–H and O–H groups in total. The van der Waals surface area contributed by atoms with Gasteiger partial charge in [-0.2, -0.15) is 0 Å². The third-order valence-corrected chi connectivity index (χ3v) is 4.52. The van der Waals surface area contributed by atoms with Crippen LogP contribution in [0.4, 0.5) is 10.1 Å². The Hall–Kier alpha value is -2.93. The first-order valence-electron chi connectivity index (χ1n) is 9.37. The van der Waals surface area contributed by atoms with Crippen molar-refractivity contribution in [3.05, 3.63) is 59.9 Å². The van der Waals surface area contributed by atoms with Crippen molar-refractivity contribution in [2.24, 2.45) is 4.99 Å². The number of likely N-dealkylation sites (N-methyl/N-ethyl adjacent to an activating group) is 1. The predicted molar refractivity (Wildman–Crippen MR) is 108 cm³/mol. The number of hydrogen-bond donors (Lipinski definition) is 1. The van der Waals surface area contributed by atoms with Gasteiger partial charge in [0.1, 0.15) is 11.6 Å². The fraction of sp³-hybridized carbons (Fsp3) is 0.333. The summed E-state index contributed by atoms with van der Waals surface area (Å²) < 4.78 is 18.6. The number of halogens is 1. The third kappa shape index (κ3) is 5.29. The zero-order chi connectivity index (χ0) is 19.9. The van der Waals surface area contributed by atoms with Crippen LogP contribution in [0.25, 0.3) is 0 Å². The smallest absolute Gasteiger partial charge is 0.257 e. The number of benzene rings is 2. The molecule has 2 aromatic rings. The lowest BCUT2D eigenvalue weighted by Gasteiger charge is -2.34. The Morgan fingerprint density at radius 1 is 1.07 bits per heavy atom. The zero-order valence-electron chi connectivity index (χ0n) is 16.2. The summed E-state index contributed by atoms with van der Waals surface area (Å²) in [6.45, 7) is 5.82. The summed E-state index contributed by atoms with van der Waals surface area (Å²) in [6, 6.07) is 12.9. The summed E-state index contributed by atoms with van der Waals surface area (Å²) in [5.74, 6) is 0.576. The highest BCUT2D eigenvalue weighted by atomic mass is 19.1. The van der Waals surface area contributed by atoms with Crippen LogP contribution in [0.3, 0.4) is 0 Å². The van der Waals surface area contributed by atoms with Crippen LogP contribution in [0.2, 0.25) is 0 Å². The third-order valence-electron chi connectivity index (χ3n) is 4.52. The number of carbonyl (C=O) groups excluding carboxylic acids is 1. The number of nitrogens with zero attached hydrogens (tertiary/aromatic N) is 3. The molecular formula is C21H25FN4O2. The number of guanidine groups is 1. The van der Waals surface area contributed by atoms with Gasteiger partial charge < -0.3 is 14.5 Å². The quantitative estimate of drug-likeness (QED) is 0.651. The minimum absolute atomic E-state index is 0.316. The zero-order valence-corrected chi connectivity index (χ0v) is 16.2. The highest BCUT2D eigenvalue weighted by molar-refractivity contribution is 6.06. The Bertz CT molecular complexity index is 813. The van der Waals surface area contributed by atoms with Crippen LogP contribution in [0.5, 0.6) is 5.75 Å². The molecule has 0 saturated carbocycles. The van der Waals surface area contributed by atoms with Crippen molar-refractivity contribution in [2.75, 3.05) is 39.8 Å². The SMILES string of the molecule is CCOc1ccc(N=C(NC(=O)c2ccc(F)cc2)N2CCN(C)CC2)cc1. The average Bonchev–Trinajstić information content (AvgIpc) is 2.70. The normalized spacial score (nSPS) is 15.4. The Kier molecular flexibility index (Phi) is 6.60. The fourth-order valence-electron chi connectivity index (χ4n) is 2.88. The molecule has 0 unspecified atom stereocenters. The number of carbonyl (C=O) groups is 1. The van der Waals surface area contributed by atoms with Gasteiger partial charge in [0, 0.05) is 31.7 Å². The summed E-state index contributed by atoms with van der Waals surface area (Å²) >= 11 is 0. The van der Waals surface area contributed by atoms with Crippen molar-refractivity contribution in [3.8, 4) is 5.75 Å². The number of ether oxygens (including phenoxy) is 1. The van der Waals surface area contributed by atoms with E-state index in [0.29, 0.717) is 18.1 Å². The van der Waals surface area contributed by atoms with Crippen molar-refractivity contribution in [2.45, 2.75) is 6.92 Å². The molecule has 2 aromatic carbocycles. The topological polar surface area (TPSA) is 57.2 Å². The van der Waals surface area contributed by atoms with E-state index in [0.717, 1.165) is 37.6 Å². The summed E-state index contributed by atoms with van der Waals surface area (Å²) in [5, 5.41) is 2.89. The van der Waals surface area contributed by atoms with Crippen molar-refractivity contribution >= 4 is 17.6 Å². The molecule has 0 atom stereocenters. The molecule has 1 saturated heterocycles. The summed E-state index contributed by atoms with van der Waals surface area (Å²) in [4.78, 5) is 21.6. The minimum Gasteiger partial charge on any atom is -0.494 e. The van der Waals surface area contributed by atoms with E-state index < -0.39 is 0 Å². The van der Waals surface area contributed by atoms with Gasteiger partial charge in [0.05, 0.1) is 12.3 Å². The lowest BCUT2D eigenvalue weighted by molar-refractivity contribution is 0.0969. The summed E-state index contributed by atoms with van der Waals surface area (Å²) in [6.07, 6.45) is 0. The van der Waals surface area contributed by atoms with Crippen molar-refractivity contribution < 1.29 is 13.9 Å². The van der Waals surface area contributed by atoms with Crippen molar-refractivity contribution in [1.29, 1.82) is 0 Å². The first kappa shape index (κ1) is 19.8. The van der Waals surface area contributed by atoms with E-state index in [-0.39, 0.29) is 11.7 Å². The second-order valence-corrected chi connectivity index (χ2v) is 6.61. The molecule has 7 heteroatoms. The van der Waals surface area contributed by atoms with Crippen LogP contribution >= 0.6 is 0 Å². The maximum atomic E-state index is 13.1. The van der Waals surface area contributed by atoms with Crippen molar-refractivity contribution in [3.63, 3.8) is 0 Å². The van der Waals surface area contributed by atoms with Gasteiger partial charge in [-0.1, -0.05) is 0 Å². The Morgan fingerprint density at radius 3 is 2.32 bits per heavy atom. The van der Waals surface area contributed by atoms with E-state index in [4.69, 9.17) is 4.74 Å². The highest BCUT2D eigenvalue weighted by Crippen LogP contribution is 2.19. The maximum absolute atomic E-state index is 13.1. The van der Waals surface area contributed by atoms with Gasteiger partial charge in [-0.3, -0.25) is 10.1 Å². The van der Waals surface area contributed by atoms with Gasteiger partial charge in [-0.25, -0.2) is 9.38 Å². The molecular weight excluding hydrogens is 359 g/mol. The molecule has 3 rings (SSSR count). The van der Waals surface area contributed by atoms with E-state index in [9.17, 15) is 9.18 Å². The number of nitrogens with one attached hydrogen (secondary N) is 1. The van der Waals surface area contributed by atoms with Crippen LogP contribution in [0.1, 0.15) is 17.3 Å². The number of amides is 1.